The van der Waals surface area contributed by atoms with E-state index in [4.69, 9.17) is 5.73 Å². The molecule has 1 aromatic heterocycles. The largest absolute Gasteiger partial charge is 0.326 e. The summed E-state index contributed by atoms with van der Waals surface area (Å²) in [5, 5.41) is 0. The first-order valence-electron chi connectivity index (χ1n) is 6.03. The summed E-state index contributed by atoms with van der Waals surface area (Å²) in [6.45, 7) is 2.58. The molecular formula is C15H15N3. The Kier molecular flexibility index (Phi) is 2.61. The van der Waals surface area contributed by atoms with Crippen LogP contribution in [0.4, 0.5) is 0 Å². The second kappa shape index (κ2) is 4.27. The quantitative estimate of drug-likeness (QED) is 0.744. The van der Waals surface area contributed by atoms with Crippen LogP contribution in [-0.2, 0) is 6.54 Å². The lowest BCUT2D eigenvalue weighted by molar-refractivity contribution is 0.988. The maximum absolute atomic E-state index is 5.70. The Bertz CT molecular complexity index is 698. The molecule has 2 N–H and O–H groups in total. The topological polar surface area (TPSA) is 43.8 Å². The molecule has 0 unspecified atom stereocenters. The normalized spacial score (nSPS) is 11.0. The molecule has 3 heteroatoms. The van der Waals surface area contributed by atoms with Gasteiger partial charge in [0, 0.05) is 12.2 Å². The molecule has 18 heavy (non-hydrogen) atoms. The van der Waals surface area contributed by atoms with Crippen molar-refractivity contribution in [3.8, 4) is 5.69 Å². The average Bonchev–Trinajstić information content (AvgIpc) is 2.74. The number of aromatic nitrogens is 2. The first-order valence-corrected chi connectivity index (χ1v) is 6.03. The van der Waals surface area contributed by atoms with Crippen LogP contribution in [0.2, 0.25) is 0 Å². The van der Waals surface area contributed by atoms with Gasteiger partial charge in [0.2, 0.25) is 0 Å². The highest BCUT2D eigenvalue weighted by molar-refractivity contribution is 5.78. The zero-order valence-electron chi connectivity index (χ0n) is 10.3. The average molecular weight is 237 g/mol. The molecule has 0 spiro atoms. The SMILES string of the molecule is Cc1nc2ccccc2n1-c1cccc(CN)c1. The zero-order chi connectivity index (χ0) is 12.5. The van der Waals surface area contributed by atoms with Crippen molar-refractivity contribution in [2.75, 3.05) is 0 Å². The summed E-state index contributed by atoms with van der Waals surface area (Å²) in [5.74, 6) is 0.991. The number of benzene rings is 2. The molecular weight excluding hydrogens is 222 g/mol. The maximum atomic E-state index is 5.70. The van der Waals surface area contributed by atoms with E-state index in [1.54, 1.807) is 0 Å². The van der Waals surface area contributed by atoms with Crippen LogP contribution in [0, 0.1) is 6.92 Å². The van der Waals surface area contributed by atoms with E-state index in [1.807, 2.05) is 37.3 Å². The van der Waals surface area contributed by atoms with Gasteiger partial charge in [0.25, 0.3) is 0 Å². The van der Waals surface area contributed by atoms with E-state index in [0.29, 0.717) is 6.54 Å². The zero-order valence-corrected chi connectivity index (χ0v) is 10.3. The fourth-order valence-electron chi connectivity index (χ4n) is 2.29. The summed E-state index contributed by atoms with van der Waals surface area (Å²) in [6, 6.07) is 16.4. The monoisotopic (exact) mass is 237 g/mol. The van der Waals surface area contributed by atoms with Gasteiger partial charge in [0.1, 0.15) is 5.82 Å². The molecule has 0 bridgehead atoms. The van der Waals surface area contributed by atoms with Crippen molar-refractivity contribution < 1.29 is 0 Å². The van der Waals surface area contributed by atoms with Crippen LogP contribution in [0.5, 0.6) is 0 Å². The van der Waals surface area contributed by atoms with E-state index >= 15 is 0 Å². The second-order valence-electron chi connectivity index (χ2n) is 4.36. The molecule has 0 aliphatic heterocycles. The van der Waals surface area contributed by atoms with Crippen molar-refractivity contribution in [3.05, 3.63) is 59.9 Å². The van der Waals surface area contributed by atoms with Gasteiger partial charge < -0.3 is 5.73 Å². The lowest BCUT2D eigenvalue weighted by Gasteiger charge is -2.08. The smallest absolute Gasteiger partial charge is 0.111 e. The first-order chi connectivity index (χ1) is 8.79. The van der Waals surface area contributed by atoms with Crippen LogP contribution in [0.3, 0.4) is 0 Å². The fraction of sp³-hybridized carbons (Fsp3) is 0.133. The standard InChI is InChI=1S/C15H15N3/c1-11-17-14-7-2-3-8-15(14)18(11)13-6-4-5-12(9-13)10-16/h2-9H,10,16H2,1H3. The Labute approximate surface area is 106 Å². The Morgan fingerprint density at radius 3 is 2.78 bits per heavy atom. The second-order valence-corrected chi connectivity index (χ2v) is 4.36. The van der Waals surface area contributed by atoms with Crippen LogP contribution < -0.4 is 5.73 Å². The molecule has 2 aromatic carbocycles. The molecule has 0 atom stereocenters. The van der Waals surface area contributed by atoms with Crippen molar-refractivity contribution in [2.24, 2.45) is 5.73 Å². The molecule has 0 amide bonds. The number of fused-ring (bicyclic) bond motifs is 1. The maximum Gasteiger partial charge on any atom is 0.111 e. The molecule has 1 heterocycles. The third kappa shape index (κ3) is 1.69. The van der Waals surface area contributed by atoms with Gasteiger partial charge in [-0.2, -0.15) is 0 Å². The molecule has 3 nitrogen and oxygen atoms in total. The highest BCUT2D eigenvalue weighted by Gasteiger charge is 2.08. The van der Waals surface area contributed by atoms with Gasteiger partial charge in [0.15, 0.2) is 0 Å². The number of rotatable bonds is 2. The minimum Gasteiger partial charge on any atom is -0.326 e. The Morgan fingerprint density at radius 1 is 1.11 bits per heavy atom. The Balaban J connectivity index is 2.27. The van der Waals surface area contributed by atoms with Crippen LogP contribution in [0.1, 0.15) is 11.4 Å². The number of nitrogens with zero attached hydrogens (tertiary/aromatic N) is 2. The lowest BCUT2D eigenvalue weighted by atomic mass is 10.2. The predicted octanol–water partition coefficient (Wildman–Crippen LogP) is 2.79. The van der Waals surface area contributed by atoms with Crippen molar-refractivity contribution >= 4 is 11.0 Å². The molecule has 0 saturated heterocycles. The molecule has 0 radical (unpaired) electrons. The summed E-state index contributed by atoms with van der Waals surface area (Å²) in [4.78, 5) is 4.58. The molecule has 3 aromatic rings. The molecule has 3 rings (SSSR count). The van der Waals surface area contributed by atoms with Gasteiger partial charge in [-0.1, -0.05) is 24.3 Å². The van der Waals surface area contributed by atoms with Crippen molar-refractivity contribution in [3.63, 3.8) is 0 Å². The van der Waals surface area contributed by atoms with E-state index in [0.717, 1.165) is 28.1 Å². The van der Waals surface area contributed by atoms with Gasteiger partial charge in [-0.15, -0.1) is 0 Å². The van der Waals surface area contributed by atoms with Gasteiger partial charge in [-0.25, -0.2) is 4.98 Å². The number of para-hydroxylation sites is 2. The van der Waals surface area contributed by atoms with Crippen LogP contribution in [0.25, 0.3) is 16.7 Å². The van der Waals surface area contributed by atoms with E-state index in [1.165, 1.54) is 0 Å². The number of hydrogen-bond acceptors (Lipinski definition) is 2. The van der Waals surface area contributed by atoms with Crippen LogP contribution in [0.15, 0.2) is 48.5 Å². The van der Waals surface area contributed by atoms with Gasteiger partial charge in [-0.3, -0.25) is 4.57 Å². The van der Waals surface area contributed by atoms with Gasteiger partial charge in [-0.05, 0) is 36.8 Å². The lowest BCUT2D eigenvalue weighted by Crippen LogP contribution is -2.00. The van der Waals surface area contributed by atoms with E-state index in [-0.39, 0.29) is 0 Å². The highest BCUT2D eigenvalue weighted by atomic mass is 15.1. The fourth-order valence-corrected chi connectivity index (χ4v) is 2.29. The highest BCUT2D eigenvalue weighted by Crippen LogP contribution is 2.21. The molecule has 0 fully saturated rings. The summed E-state index contributed by atoms with van der Waals surface area (Å²) in [5.41, 5.74) is 10.1. The van der Waals surface area contributed by atoms with Gasteiger partial charge >= 0.3 is 0 Å². The molecule has 0 aliphatic carbocycles. The number of imidazole rings is 1. The first kappa shape index (κ1) is 11.0. The van der Waals surface area contributed by atoms with Crippen LogP contribution in [-0.4, -0.2) is 9.55 Å². The van der Waals surface area contributed by atoms with Crippen molar-refractivity contribution in [2.45, 2.75) is 13.5 Å². The van der Waals surface area contributed by atoms with E-state index < -0.39 is 0 Å². The van der Waals surface area contributed by atoms with E-state index in [2.05, 4.69) is 27.8 Å². The third-order valence-electron chi connectivity index (χ3n) is 3.13. The number of hydrogen-bond donors (Lipinski definition) is 1. The minimum absolute atomic E-state index is 0.555. The van der Waals surface area contributed by atoms with Crippen LogP contribution >= 0.6 is 0 Å². The number of nitrogens with two attached hydrogens (primary N) is 1. The summed E-state index contributed by atoms with van der Waals surface area (Å²) >= 11 is 0. The molecule has 0 aliphatic rings. The van der Waals surface area contributed by atoms with Crippen molar-refractivity contribution in [1.82, 2.24) is 9.55 Å². The number of aryl methyl sites for hydroxylation is 1. The Hall–Kier alpha value is -2.13. The molecule has 0 saturated carbocycles. The van der Waals surface area contributed by atoms with Crippen molar-refractivity contribution in [1.29, 1.82) is 0 Å². The molecule has 90 valence electrons. The summed E-state index contributed by atoms with van der Waals surface area (Å²) in [6.07, 6.45) is 0. The summed E-state index contributed by atoms with van der Waals surface area (Å²) in [7, 11) is 0. The van der Waals surface area contributed by atoms with E-state index in [9.17, 15) is 0 Å². The minimum atomic E-state index is 0.555. The Morgan fingerprint density at radius 2 is 1.94 bits per heavy atom. The van der Waals surface area contributed by atoms with Gasteiger partial charge in [0.05, 0.1) is 11.0 Å². The predicted molar refractivity (Wildman–Crippen MR) is 73.7 cm³/mol. The third-order valence-corrected chi connectivity index (χ3v) is 3.13. The summed E-state index contributed by atoms with van der Waals surface area (Å²) < 4.78 is 2.16.